The van der Waals surface area contributed by atoms with Gasteiger partial charge in [0, 0.05) is 43.3 Å². The molecule has 1 heterocycles. The molecule has 4 nitrogen and oxygen atoms in total. The van der Waals surface area contributed by atoms with Crippen molar-refractivity contribution >= 4 is 17.5 Å². The number of nitrogens with zero attached hydrogens (tertiary/aromatic N) is 2. The van der Waals surface area contributed by atoms with Gasteiger partial charge in [-0.1, -0.05) is 53.6 Å². The van der Waals surface area contributed by atoms with Crippen molar-refractivity contribution < 1.29 is 22.7 Å². The fraction of sp³-hybridized carbons (Fsp3) is 0.321. The van der Waals surface area contributed by atoms with Gasteiger partial charge in [0.05, 0.1) is 18.3 Å². The largest absolute Gasteiger partial charge is 0.416 e. The van der Waals surface area contributed by atoms with Crippen LogP contribution >= 0.6 is 11.6 Å². The zero-order valence-corrected chi connectivity index (χ0v) is 20.7. The zero-order chi connectivity index (χ0) is 25.7. The summed E-state index contributed by atoms with van der Waals surface area (Å²) in [7, 11) is 0. The van der Waals surface area contributed by atoms with Gasteiger partial charge in [-0.3, -0.25) is 9.69 Å². The number of carbonyl (C=O) groups excluding carboxylic acids is 1. The number of alkyl halides is 3. The van der Waals surface area contributed by atoms with Gasteiger partial charge < -0.3 is 9.64 Å². The summed E-state index contributed by atoms with van der Waals surface area (Å²) in [6.07, 6.45) is -4.67. The van der Waals surface area contributed by atoms with Gasteiger partial charge in [0.1, 0.15) is 0 Å². The highest BCUT2D eigenvalue weighted by molar-refractivity contribution is 6.30. The molecule has 8 heteroatoms. The van der Waals surface area contributed by atoms with Crippen LogP contribution in [0.4, 0.5) is 13.2 Å². The molecule has 0 spiro atoms. The number of ether oxygens (including phenoxy) is 1. The van der Waals surface area contributed by atoms with E-state index in [4.69, 9.17) is 16.3 Å². The number of piperazine rings is 1. The Morgan fingerprint density at radius 2 is 1.53 bits per heavy atom. The molecule has 0 aromatic heterocycles. The van der Waals surface area contributed by atoms with E-state index in [9.17, 15) is 18.0 Å². The monoisotopic (exact) mass is 516 g/mol. The van der Waals surface area contributed by atoms with Gasteiger partial charge in [-0.05, 0) is 54.4 Å². The number of rotatable bonds is 7. The van der Waals surface area contributed by atoms with Crippen LogP contribution in [0.2, 0.25) is 5.02 Å². The zero-order valence-electron chi connectivity index (χ0n) is 20.0. The van der Waals surface area contributed by atoms with Crippen LogP contribution in [0, 0.1) is 6.92 Å². The highest BCUT2D eigenvalue weighted by Gasteiger charge is 2.30. The van der Waals surface area contributed by atoms with Crippen molar-refractivity contribution in [1.29, 1.82) is 0 Å². The smallest absolute Gasteiger partial charge is 0.368 e. The van der Waals surface area contributed by atoms with Gasteiger partial charge >= 0.3 is 6.18 Å². The van der Waals surface area contributed by atoms with E-state index in [0.29, 0.717) is 48.9 Å². The maximum Gasteiger partial charge on any atom is 0.416 e. The lowest BCUT2D eigenvalue weighted by Gasteiger charge is -2.36. The predicted molar refractivity (Wildman–Crippen MR) is 134 cm³/mol. The normalized spacial score (nSPS) is 15.6. The van der Waals surface area contributed by atoms with Crippen LogP contribution in [-0.2, 0) is 17.5 Å². The second-order valence-corrected chi connectivity index (χ2v) is 9.44. The Kier molecular flexibility index (Phi) is 8.34. The third-order valence-electron chi connectivity index (χ3n) is 6.36. The third-order valence-corrected chi connectivity index (χ3v) is 6.61. The number of hydrogen-bond acceptors (Lipinski definition) is 3. The summed E-state index contributed by atoms with van der Waals surface area (Å²) in [4.78, 5) is 16.9. The Hall–Kier alpha value is -2.87. The minimum Gasteiger partial charge on any atom is -0.368 e. The molecule has 0 unspecified atom stereocenters. The molecule has 1 atom stereocenters. The Balaban J connectivity index is 1.38. The van der Waals surface area contributed by atoms with Crippen LogP contribution in [0.5, 0.6) is 0 Å². The summed E-state index contributed by atoms with van der Waals surface area (Å²) in [5, 5.41) is 0.614. The number of aryl methyl sites for hydroxylation is 1. The van der Waals surface area contributed by atoms with E-state index < -0.39 is 11.7 Å². The summed E-state index contributed by atoms with van der Waals surface area (Å²) in [6, 6.07) is 20.0. The van der Waals surface area contributed by atoms with Crippen molar-refractivity contribution in [3.05, 3.63) is 106 Å². The van der Waals surface area contributed by atoms with Crippen molar-refractivity contribution in [3.63, 3.8) is 0 Å². The Labute approximate surface area is 214 Å². The van der Waals surface area contributed by atoms with Gasteiger partial charge in [0.2, 0.25) is 0 Å². The van der Waals surface area contributed by atoms with Gasteiger partial charge in [0.15, 0.2) is 0 Å². The standard InChI is InChI=1S/C28H28ClF3N2O2/c1-20-2-6-23(7-3-20)27(35)34-16-14-33(15-17-34)18-26(22-8-12-25(29)13-9-22)36-19-21-4-10-24(11-5-21)28(30,31)32/h2-13,26H,14-19H2,1H3/t26-/m0/s1. The van der Waals surface area contributed by atoms with Gasteiger partial charge in [0.25, 0.3) is 5.91 Å². The van der Waals surface area contributed by atoms with Gasteiger partial charge in [-0.15, -0.1) is 0 Å². The Morgan fingerprint density at radius 1 is 0.917 bits per heavy atom. The van der Waals surface area contributed by atoms with E-state index in [2.05, 4.69) is 4.90 Å². The van der Waals surface area contributed by atoms with E-state index in [-0.39, 0.29) is 18.6 Å². The van der Waals surface area contributed by atoms with E-state index in [0.717, 1.165) is 23.3 Å². The Bertz CT molecular complexity index is 1140. The predicted octanol–water partition coefficient (Wildman–Crippen LogP) is 6.38. The molecule has 1 saturated heterocycles. The van der Waals surface area contributed by atoms with Crippen LogP contribution in [0.15, 0.2) is 72.8 Å². The van der Waals surface area contributed by atoms with Gasteiger partial charge in [-0.25, -0.2) is 0 Å². The Morgan fingerprint density at radius 3 is 2.11 bits per heavy atom. The molecule has 1 fully saturated rings. The first-order valence-electron chi connectivity index (χ1n) is 11.8. The van der Waals surface area contributed by atoms with Crippen molar-refractivity contribution in [1.82, 2.24) is 9.80 Å². The lowest BCUT2D eigenvalue weighted by molar-refractivity contribution is -0.137. The average molecular weight is 517 g/mol. The van der Waals surface area contributed by atoms with Crippen molar-refractivity contribution in [2.24, 2.45) is 0 Å². The first-order valence-corrected chi connectivity index (χ1v) is 12.2. The summed E-state index contributed by atoms with van der Waals surface area (Å²) in [6.45, 7) is 5.38. The maximum absolute atomic E-state index is 12.9. The van der Waals surface area contributed by atoms with Crippen LogP contribution < -0.4 is 0 Å². The number of amides is 1. The molecule has 0 saturated carbocycles. The molecule has 0 bridgehead atoms. The minimum absolute atomic E-state index is 0.0301. The molecule has 1 aliphatic heterocycles. The molecule has 3 aromatic rings. The second-order valence-electron chi connectivity index (χ2n) is 9.00. The summed E-state index contributed by atoms with van der Waals surface area (Å²) < 4.78 is 44.8. The number of benzene rings is 3. The highest BCUT2D eigenvalue weighted by Crippen LogP contribution is 2.30. The number of halogens is 4. The van der Waals surface area contributed by atoms with E-state index in [1.165, 1.54) is 12.1 Å². The molecular formula is C28H28ClF3N2O2. The van der Waals surface area contributed by atoms with Gasteiger partial charge in [-0.2, -0.15) is 13.2 Å². The van der Waals surface area contributed by atoms with Crippen LogP contribution in [0.1, 0.15) is 38.7 Å². The summed E-state index contributed by atoms with van der Waals surface area (Å²) in [5.41, 5.74) is 2.72. The van der Waals surface area contributed by atoms with Crippen LogP contribution in [0.3, 0.4) is 0 Å². The van der Waals surface area contributed by atoms with Crippen molar-refractivity contribution in [3.8, 4) is 0 Å². The first-order chi connectivity index (χ1) is 17.2. The lowest BCUT2D eigenvalue weighted by atomic mass is 10.1. The SMILES string of the molecule is Cc1ccc(C(=O)N2CCN(C[C@H](OCc3ccc(C(F)(F)F)cc3)c3ccc(Cl)cc3)CC2)cc1. The van der Waals surface area contributed by atoms with Crippen molar-refractivity contribution in [2.75, 3.05) is 32.7 Å². The molecule has 4 rings (SSSR count). The lowest BCUT2D eigenvalue weighted by Crippen LogP contribution is -2.49. The molecule has 36 heavy (non-hydrogen) atoms. The fourth-order valence-corrected chi connectivity index (χ4v) is 4.29. The molecule has 3 aromatic carbocycles. The van der Waals surface area contributed by atoms with Crippen LogP contribution in [-0.4, -0.2) is 48.4 Å². The highest BCUT2D eigenvalue weighted by atomic mass is 35.5. The van der Waals surface area contributed by atoms with E-state index >= 15 is 0 Å². The number of carbonyl (C=O) groups is 1. The summed E-state index contributed by atoms with van der Waals surface area (Å²) >= 11 is 6.06. The maximum atomic E-state index is 12.9. The molecule has 0 radical (unpaired) electrons. The third kappa shape index (κ3) is 6.87. The minimum atomic E-state index is -4.37. The molecular weight excluding hydrogens is 489 g/mol. The molecule has 0 N–H and O–H groups in total. The molecule has 190 valence electrons. The topological polar surface area (TPSA) is 32.8 Å². The second kappa shape index (κ2) is 11.5. The van der Waals surface area contributed by atoms with E-state index in [1.807, 2.05) is 48.2 Å². The van der Waals surface area contributed by atoms with E-state index in [1.54, 1.807) is 12.1 Å². The first kappa shape index (κ1) is 26.2. The quantitative estimate of drug-likeness (QED) is 0.365. The number of hydrogen-bond donors (Lipinski definition) is 0. The average Bonchev–Trinajstić information content (AvgIpc) is 2.87. The summed E-state index contributed by atoms with van der Waals surface area (Å²) in [5.74, 6) is 0.0301. The fourth-order valence-electron chi connectivity index (χ4n) is 4.17. The molecule has 1 amide bonds. The molecule has 0 aliphatic carbocycles. The van der Waals surface area contributed by atoms with Crippen molar-refractivity contribution in [2.45, 2.75) is 25.8 Å². The molecule has 1 aliphatic rings. The van der Waals surface area contributed by atoms with Crippen LogP contribution in [0.25, 0.3) is 0 Å².